The van der Waals surface area contributed by atoms with Crippen LogP contribution in [0, 0.1) is 0 Å². The van der Waals surface area contributed by atoms with Gasteiger partial charge in [0.1, 0.15) is 11.0 Å². The van der Waals surface area contributed by atoms with Gasteiger partial charge in [0.2, 0.25) is 5.91 Å². The summed E-state index contributed by atoms with van der Waals surface area (Å²) in [4.78, 5) is 14.0. The van der Waals surface area contributed by atoms with E-state index in [-0.39, 0.29) is 11.9 Å². The number of carbonyl (C=O) groups is 1. The van der Waals surface area contributed by atoms with Crippen LogP contribution in [-0.2, 0) is 4.79 Å². The number of hydrogen-bond donors (Lipinski definition) is 2. The van der Waals surface area contributed by atoms with E-state index in [9.17, 15) is 4.79 Å². The number of nitrogens with zero attached hydrogens (tertiary/aromatic N) is 1. The molecule has 0 aromatic heterocycles. The molecule has 0 heterocycles. The fourth-order valence-corrected chi connectivity index (χ4v) is 1.87. The van der Waals surface area contributed by atoms with Gasteiger partial charge in [0, 0.05) is 24.8 Å². The van der Waals surface area contributed by atoms with Gasteiger partial charge in [-0.05, 0) is 26.0 Å². The highest BCUT2D eigenvalue weighted by atomic mass is 32.1. The van der Waals surface area contributed by atoms with Crippen molar-refractivity contribution in [2.24, 2.45) is 5.73 Å². The quantitative estimate of drug-likeness (QED) is 0.788. The number of amides is 1. The summed E-state index contributed by atoms with van der Waals surface area (Å²) in [6.45, 7) is 4.36. The van der Waals surface area contributed by atoms with Crippen LogP contribution in [0.2, 0.25) is 0 Å². The van der Waals surface area contributed by atoms with Gasteiger partial charge >= 0.3 is 0 Å². The number of carbonyl (C=O) groups excluding carboxylic acids is 1. The van der Waals surface area contributed by atoms with Crippen molar-refractivity contribution in [1.82, 2.24) is 5.32 Å². The summed E-state index contributed by atoms with van der Waals surface area (Å²) < 4.78 is 0. The first-order valence-corrected chi connectivity index (χ1v) is 6.29. The van der Waals surface area contributed by atoms with E-state index in [1.807, 2.05) is 50.1 Å². The minimum absolute atomic E-state index is 0.0160. The minimum atomic E-state index is -0.277. The van der Waals surface area contributed by atoms with Crippen LogP contribution in [0.1, 0.15) is 19.4 Å². The SMILES string of the molecule is CCNC(=O)C(C)N(C)c1ccccc1C(N)=S. The highest BCUT2D eigenvalue weighted by Crippen LogP contribution is 2.21. The largest absolute Gasteiger partial charge is 0.389 e. The molecule has 0 bridgehead atoms. The number of anilines is 1. The first-order valence-electron chi connectivity index (χ1n) is 5.88. The van der Waals surface area contributed by atoms with Gasteiger partial charge in [-0.15, -0.1) is 0 Å². The third-order valence-corrected chi connectivity index (χ3v) is 3.08. The van der Waals surface area contributed by atoms with Gasteiger partial charge in [-0.1, -0.05) is 24.4 Å². The van der Waals surface area contributed by atoms with Crippen LogP contribution in [0.15, 0.2) is 24.3 Å². The third-order valence-electron chi connectivity index (χ3n) is 2.86. The van der Waals surface area contributed by atoms with Crippen LogP contribution in [0.4, 0.5) is 5.69 Å². The van der Waals surface area contributed by atoms with Crippen molar-refractivity contribution in [3.63, 3.8) is 0 Å². The molecule has 0 spiro atoms. The number of rotatable bonds is 5. The number of nitrogens with one attached hydrogen (secondary N) is 1. The molecule has 98 valence electrons. The van der Waals surface area contributed by atoms with Crippen LogP contribution in [0.5, 0.6) is 0 Å². The molecule has 18 heavy (non-hydrogen) atoms. The van der Waals surface area contributed by atoms with Crippen molar-refractivity contribution in [2.45, 2.75) is 19.9 Å². The molecule has 0 saturated carbocycles. The molecular weight excluding hydrogens is 246 g/mol. The van der Waals surface area contributed by atoms with Crippen LogP contribution in [-0.4, -0.2) is 30.5 Å². The van der Waals surface area contributed by atoms with E-state index in [4.69, 9.17) is 18.0 Å². The maximum atomic E-state index is 11.8. The summed E-state index contributed by atoms with van der Waals surface area (Å²) in [5.74, 6) is -0.0160. The first-order chi connectivity index (χ1) is 8.49. The molecule has 1 aromatic rings. The highest BCUT2D eigenvalue weighted by molar-refractivity contribution is 7.80. The maximum absolute atomic E-state index is 11.8. The van der Waals surface area contributed by atoms with Crippen LogP contribution < -0.4 is 16.0 Å². The second kappa shape index (κ2) is 6.35. The van der Waals surface area contributed by atoms with E-state index in [0.717, 1.165) is 11.3 Å². The lowest BCUT2D eigenvalue weighted by atomic mass is 10.1. The van der Waals surface area contributed by atoms with Crippen LogP contribution in [0.3, 0.4) is 0 Å². The van der Waals surface area contributed by atoms with Crippen molar-refractivity contribution < 1.29 is 4.79 Å². The van der Waals surface area contributed by atoms with Crippen LogP contribution >= 0.6 is 12.2 Å². The Bertz CT molecular complexity index is 448. The molecule has 0 saturated heterocycles. The molecule has 1 rings (SSSR count). The predicted molar refractivity (Wildman–Crippen MR) is 78.9 cm³/mol. The lowest BCUT2D eigenvalue weighted by Crippen LogP contribution is -2.43. The minimum Gasteiger partial charge on any atom is -0.389 e. The number of nitrogens with two attached hydrogens (primary N) is 1. The summed E-state index contributed by atoms with van der Waals surface area (Å²) >= 11 is 5.02. The Hall–Kier alpha value is -1.62. The smallest absolute Gasteiger partial charge is 0.242 e. The monoisotopic (exact) mass is 265 g/mol. The Labute approximate surface area is 113 Å². The van der Waals surface area contributed by atoms with Gasteiger partial charge in [-0.2, -0.15) is 0 Å². The number of thiocarbonyl (C=S) groups is 1. The molecule has 1 aromatic carbocycles. The Balaban J connectivity index is 2.99. The Kier molecular flexibility index (Phi) is 5.09. The third kappa shape index (κ3) is 3.20. The zero-order valence-corrected chi connectivity index (χ0v) is 11.8. The van der Waals surface area contributed by atoms with Crippen molar-refractivity contribution in [2.75, 3.05) is 18.5 Å². The topological polar surface area (TPSA) is 58.4 Å². The average Bonchev–Trinajstić information content (AvgIpc) is 2.37. The summed E-state index contributed by atoms with van der Waals surface area (Å²) in [6, 6.07) is 7.27. The van der Waals surface area contributed by atoms with Crippen molar-refractivity contribution in [3.8, 4) is 0 Å². The van der Waals surface area contributed by atoms with Gasteiger partial charge in [-0.25, -0.2) is 0 Å². The van der Waals surface area contributed by atoms with Crippen molar-refractivity contribution in [3.05, 3.63) is 29.8 Å². The maximum Gasteiger partial charge on any atom is 0.242 e. The summed E-state index contributed by atoms with van der Waals surface area (Å²) in [6.07, 6.45) is 0. The Morgan fingerprint density at radius 2 is 2.11 bits per heavy atom. The molecule has 0 fully saturated rings. The fourth-order valence-electron chi connectivity index (χ4n) is 1.70. The zero-order valence-electron chi connectivity index (χ0n) is 10.9. The molecule has 3 N–H and O–H groups in total. The Morgan fingerprint density at radius 1 is 1.50 bits per heavy atom. The second-order valence-corrected chi connectivity index (χ2v) is 4.50. The number of benzene rings is 1. The molecule has 4 nitrogen and oxygen atoms in total. The van der Waals surface area contributed by atoms with Gasteiger partial charge < -0.3 is 16.0 Å². The van der Waals surface area contributed by atoms with E-state index in [0.29, 0.717) is 11.5 Å². The van der Waals surface area contributed by atoms with Gasteiger partial charge in [-0.3, -0.25) is 4.79 Å². The fraction of sp³-hybridized carbons (Fsp3) is 0.385. The molecular formula is C13H19N3OS. The summed E-state index contributed by atoms with van der Waals surface area (Å²) in [5.41, 5.74) is 7.34. The molecule has 1 amide bonds. The zero-order chi connectivity index (χ0) is 13.7. The summed E-state index contributed by atoms with van der Waals surface area (Å²) in [7, 11) is 1.86. The van der Waals surface area contributed by atoms with E-state index in [1.165, 1.54) is 0 Å². The van der Waals surface area contributed by atoms with E-state index in [2.05, 4.69) is 5.32 Å². The van der Waals surface area contributed by atoms with E-state index >= 15 is 0 Å². The molecule has 1 atom stereocenters. The molecule has 5 heteroatoms. The molecule has 0 aliphatic heterocycles. The highest BCUT2D eigenvalue weighted by Gasteiger charge is 2.20. The number of para-hydroxylation sites is 1. The molecule has 0 radical (unpaired) electrons. The van der Waals surface area contributed by atoms with Gasteiger partial charge in [0.15, 0.2) is 0 Å². The normalized spacial score (nSPS) is 11.7. The first kappa shape index (κ1) is 14.4. The van der Waals surface area contributed by atoms with Gasteiger partial charge in [0.25, 0.3) is 0 Å². The average molecular weight is 265 g/mol. The second-order valence-electron chi connectivity index (χ2n) is 4.06. The van der Waals surface area contributed by atoms with Crippen molar-refractivity contribution >= 4 is 28.8 Å². The molecule has 1 unspecified atom stereocenters. The summed E-state index contributed by atoms with van der Waals surface area (Å²) in [5, 5.41) is 2.80. The van der Waals surface area contributed by atoms with Crippen LogP contribution in [0.25, 0.3) is 0 Å². The van der Waals surface area contributed by atoms with Gasteiger partial charge in [0.05, 0.1) is 0 Å². The van der Waals surface area contributed by atoms with Crippen molar-refractivity contribution in [1.29, 1.82) is 0 Å². The standard InChI is InChI=1S/C13H19N3OS/c1-4-15-13(17)9(2)16(3)11-8-6-5-7-10(11)12(14)18/h5-9H,4H2,1-3H3,(H2,14,18)(H,15,17). The number of hydrogen-bond acceptors (Lipinski definition) is 3. The number of likely N-dealkylation sites (N-methyl/N-ethyl adjacent to an activating group) is 2. The Morgan fingerprint density at radius 3 is 2.67 bits per heavy atom. The molecule has 0 aliphatic rings. The lowest BCUT2D eigenvalue weighted by Gasteiger charge is -2.27. The predicted octanol–water partition coefficient (Wildman–Crippen LogP) is 1.28. The molecule has 0 aliphatic carbocycles. The van der Waals surface area contributed by atoms with E-state index < -0.39 is 0 Å². The lowest BCUT2D eigenvalue weighted by molar-refractivity contribution is -0.121. The van der Waals surface area contributed by atoms with E-state index in [1.54, 1.807) is 0 Å².